The fourth-order valence-corrected chi connectivity index (χ4v) is 3.85. The van der Waals surface area contributed by atoms with Crippen molar-refractivity contribution < 1.29 is 4.52 Å². The van der Waals surface area contributed by atoms with Crippen LogP contribution in [0.4, 0.5) is 0 Å². The molecule has 4 nitrogen and oxygen atoms in total. The molecule has 0 amide bonds. The lowest BCUT2D eigenvalue weighted by molar-refractivity contribution is 0.360. The highest BCUT2D eigenvalue weighted by molar-refractivity contribution is 8.00. The van der Waals surface area contributed by atoms with Crippen LogP contribution in [0.15, 0.2) is 4.52 Å². The average molecular weight is 253 g/mol. The smallest absolute Gasteiger partial charge is 0.227 e. The summed E-state index contributed by atoms with van der Waals surface area (Å²) in [6.07, 6.45) is 5.99. The normalized spacial score (nSPS) is 29.6. The highest BCUT2D eigenvalue weighted by atomic mass is 32.2. The minimum Gasteiger partial charge on any atom is -0.339 e. The number of aromatic nitrogens is 2. The summed E-state index contributed by atoms with van der Waals surface area (Å²) in [4.78, 5) is 4.57. The van der Waals surface area contributed by atoms with E-state index in [9.17, 15) is 0 Å². The summed E-state index contributed by atoms with van der Waals surface area (Å²) >= 11 is 2.04. The molecule has 2 fully saturated rings. The lowest BCUT2D eigenvalue weighted by atomic mass is 9.99. The largest absolute Gasteiger partial charge is 0.339 e. The van der Waals surface area contributed by atoms with Crippen LogP contribution in [0.25, 0.3) is 0 Å². The first-order valence-corrected chi connectivity index (χ1v) is 7.61. The van der Waals surface area contributed by atoms with Gasteiger partial charge in [0.25, 0.3) is 0 Å². The molecule has 0 saturated carbocycles. The van der Waals surface area contributed by atoms with Gasteiger partial charge in [-0.05, 0) is 38.0 Å². The van der Waals surface area contributed by atoms with Gasteiger partial charge in [0.2, 0.25) is 5.89 Å². The Bertz CT molecular complexity index is 356. The molecule has 2 saturated heterocycles. The molecule has 2 aliphatic heterocycles. The van der Waals surface area contributed by atoms with E-state index >= 15 is 0 Å². The Morgan fingerprint density at radius 2 is 2.35 bits per heavy atom. The van der Waals surface area contributed by atoms with E-state index in [1.54, 1.807) is 0 Å². The maximum Gasteiger partial charge on any atom is 0.227 e. The second-order valence-electron chi connectivity index (χ2n) is 4.93. The molecule has 5 heteroatoms. The van der Waals surface area contributed by atoms with E-state index in [2.05, 4.69) is 15.5 Å². The van der Waals surface area contributed by atoms with Crippen molar-refractivity contribution in [3.63, 3.8) is 0 Å². The first-order chi connectivity index (χ1) is 8.42. The van der Waals surface area contributed by atoms with Crippen LogP contribution in [0.1, 0.15) is 43.3 Å². The first kappa shape index (κ1) is 11.5. The van der Waals surface area contributed by atoms with Gasteiger partial charge in [-0.2, -0.15) is 16.7 Å². The van der Waals surface area contributed by atoms with Crippen molar-refractivity contribution in [2.45, 2.75) is 43.3 Å². The average Bonchev–Trinajstić information content (AvgIpc) is 3.02. The molecule has 0 bridgehead atoms. The highest BCUT2D eigenvalue weighted by Gasteiger charge is 2.23. The van der Waals surface area contributed by atoms with Gasteiger partial charge in [0, 0.05) is 24.1 Å². The van der Waals surface area contributed by atoms with Crippen LogP contribution >= 0.6 is 11.8 Å². The van der Waals surface area contributed by atoms with Crippen molar-refractivity contribution in [2.75, 3.05) is 18.8 Å². The Morgan fingerprint density at radius 1 is 1.35 bits per heavy atom. The Balaban J connectivity index is 1.60. The van der Waals surface area contributed by atoms with E-state index in [1.807, 2.05) is 11.8 Å². The number of thioether (sulfide) groups is 1. The summed E-state index contributed by atoms with van der Waals surface area (Å²) in [7, 11) is 0. The second kappa shape index (κ2) is 5.40. The van der Waals surface area contributed by atoms with Crippen molar-refractivity contribution in [3.05, 3.63) is 11.7 Å². The van der Waals surface area contributed by atoms with Gasteiger partial charge in [0.05, 0.1) is 0 Å². The summed E-state index contributed by atoms with van der Waals surface area (Å²) in [5.41, 5.74) is 0. The molecule has 1 aromatic heterocycles. The summed E-state index contributed by atoms with van der Waals surface area (Å²) < 4.78 is 5.38. The quantitative estimate of drug-likeness (QED) is 0.892. The molecule has 2 atom stereocenters. The SMILES string of the molecule is C1CSC(Cc2nc(C3CCCNC3)no2)C1. The zero-order chi connectivity index (χ0) is 11.5. The first-order valence-electron chi connectivity index (χ1n) is 6.56. The van der Waals surface area contributed by atoms with Crippen molar-refractivity contribution in [2.24, 2.45) is 0 Å². The van der Waals surface area contributed by atoms with Crippen LogP contribution in [-0.4, -0.2) is 34.2 Å². The molecular weight excluding hydrogens is 234 g/mol. The van der Waals surface area contributed by atoms with Gasteiger partial charge in [0.1, 0.15) is 0 Å². The lowest BCUT2D eigenvalue weighted by Crippen LogP contribution is -2.28. The summed E-state index contributed by atoms with van der Waals surface area (Å²) in [5.74, 6) is 3.50. The van der Waals surface area contributed by atoms with Gasteiger partial charge in [0.15, 0.2) is 5.82 Å². The van der Waals surface area contributed by atoms with Crippen LogP contribution in [0, 0.1) is 0 Å². The Labute approximate surface area is 106 Å². The van der Waals surface area contributed by atoms with Crippen LogP contribution in [-0.2, 0) is 6.42 Å². The fraction of sp³-hybridized carbons (Fsp3) is 0.833. The number of nitrogens with zero attached hydrogens (tertiary/aromatic N) is 2. The molecule has 94 valence electrons. The van der Waals surface area contributed by atoms with Crippen LogP contribution < -0.4 is 5.32 Å². The highest BCUT2D eigenvalue weighted by Crippen LogP contribution is 2.29. The molecular formula is C12H19N3OS. The van der Waals surface area contributed by atoms with Gasteiger partial charge in [-0.25, -0.2) is 0 Å². The Morgan fingerprint density at radius 3 is 3.12 bits per heavy atom. The number of nitrogens with one attached hydrogen (secondary N) is 1. The third-order valence-corrected chi connectivity index (χ3v) is 4.97. The molecule has 17 heavy (non-hydrogen) atoms. The number of hydrogen-bond donors (Lipinski definition) is 1. The molecule has 0 spiro atoms. The summed E-state index contributed by atoms with van der Waals surface area (Å²) in [5, 5.41) is 8.24. The minimum absolute atomic E-state index is 0.456. The molecule has 2 unspecified atom stereocenters. The Hall–Kier alpha value is -0.550. The van der Waals surface area contributed by atoms with Crippen molar-refractivity contribution >= 4 is 11.8 Å². The molecule has 0 aromatic carbocycles. The fourth-order valence-electron chi connectivity index (χ4n) is 2.59. The lowest BCUT2D eigenvalue weighted by Gasteiger charge is -2.19. The van der Waals surface area contributed by atoms with E-state index < -0.39 is 0 Å². The predicted molar refractivity (Wildman–Crippen MR) is 68.3 cm³/mol. The van der Waals surface area contributed by atoms with Crippen LogP contribution in [0.2, 0.25) is 0 Å². The number of piperidine rings is 1. The molecule has 0 radical (unpaired) electrons. The van der Waals surface area contributed by atoms with E-state index in [0.29, 0.717) is 11.2 Å². The standard InChI is InChI=1S/C12H19N3OS/c1-3-9(8-13-5-1)12-14-11(16-15-12)7-10-4-2-6-17-10/h9-10,13H,1-8H2. The monoisotopic (exact) mass is 253 g/mol. The third-order valence-electron chi connectivity index (χ3n) is 3.57. The molecule has 0 aliphatic carbocycles. The maximum atomic E-state index is 5.38. The Kier molecular flexibility index (Phi) is 3.66. The molecule has 1 N–H and O–H groups in total. The van der Waals surface area contributed by atoms with Crippen LogP contribution in [0.5, 0.6) is 0 Å². The van der Waals surface area contributed by atoms with E-state index in [-0.39, 0.29) is 0 Å². The maximum absolute atomic E-state index is 5.38. The van der Waals surface area contributed by atoms with Crippen molar-refractivity contribution in [3.8, 4) is 0 Å². The van der Waals surface area contributed by atoms with E-state index in [1.165, 1.54) is 31.4 Å². The van der Waals surface area contributed by atoms with Gasteiger partial charge in [-0.1, -0.05) is 5.16 Å². The third kappa shape index (κ3) is 2.83. The number of rotatable bonds is 3. The van der Waals surface area contributed by atoms with Crippen LogP contribution in [0.3, 0.4) is 0 Å². The topological polar surface area (TPSA) is 51.0 Å². The minimum atomic E-state index is 0.456. The van der Waals surface area contributed by atoms with Gasteiger partial charge in [-0.15, -0.1) is 0 Å². The molecule has 3 rings (SSSR count). The van der Waals surface area contributed by atoms with E-state index in [0.717, 1.165) is 31.2 Å². The molecule has 2 aliphatic rings. The zero-order valence-electron chi connectivity index (χ0n) is 10.0. The summed E-state index contributed by atoms with van der Waals surface area (Å²) in [6, 6.07) is 0. The second-order valence-corrected chi connectivity index (χ2v) is 6.34. The van der Waals surface area contributed by atoms with Crippen molar-refractivity contribution in [1.29, 1.82) is 0 Å². The predicted octanol–water partition coefficient (Wildman–Crippen LogP) is 1.97. The number of hydrogen-bond acceptors (Lipinski definition) is 5. The molecule has 1 aromatic rings. The van der Waals surface area contributed by atoms with E-state index in [4.69, 9.17) is 4.52 Å². The zero-order valence-corrected chi connectivity index (χ0v) is 10.8. The van der Waals surface area contributed by atoms with Gasteiger partial charge >= 0.3 is 0 Å². The molecule has 3 heterocycles. The van der Waals surface area contributed by atoms with Gasteiger partial charge in [-0.3, -0.25) is 0 Å². The van der Waals surface area contributed by atoms with Crippen molar-refractivity contribution in [1.82, 2.24) is 15.5 Å². The van der Waals surface area contributed by atoms with Gasteiger partial charge < -0.3 is 9.84 Å². The summed E-state index contributed by atoms with van der Waals surface area (Å²) in [6.45, 7) is 2.12.